The van der Waals surface area contributed by atoms with Crippen molar-refractivity contribution >= 4 is 63.9 Å². The summed E-state index contributed by atoms with van der Waals surface area (Å²) in [6.07, 6.45) is 0.279. The molecule has 2 fully saturated rings. The Bertz CT molecular complexity index is 5140. The number of rotatable bonds is 15. The van der Waals surface area contributed by atoms with Crippen LogP contribution in [0.4, 0.5) is 17.6 Å². The molecule has 15 rings (SSSR count). The van der Waals surface area contributed by atoms with Gasteiger partial charge in [0.1, 0.15) is 97.3 Å². The molecule has 6 aliphatic heterocycles. The van der Waals surface area contributed by atoms with Crippen LogP contribution in [0, 0.1) is 30.2 Å². The van der Waals surface area contributed by atoms with E-state index in [-0.39, 0.29) is 84.2 Å². The number of nitrogens with zero attached hydrogens (tertiary/aromatic N) is 4. The molecule has 1 amide bonds. The number of halogens is 8. The van der Waals surface area contributed by atoms with E-state index in [2.05, 4.69) is 49.0 Å². The van der Waals surface area contributed by atoms with Crippen molar-refractivity contribution in [2.45, 2.75) is 154 Å². The molecule has 572 valence electrons. The number of carbonyl (C=O) groups is 3. The average Bonchev–Trinajstić information content (AvgIpc) is 1.63. The van der Waals surface area contributed by atoms with Gasteiger partial charge in [0, 0.05) is 105 Å². The fraction of sp³-hybridized carbons (Fsp3) is 0.369. The number of aromatic nitrogens is 4. The molecule has 0 bridgehead atoms. The molecule has 6 aliphatic rings. The molecule has 25 heteroatoms. The smallest absolute Gasteiger partial charge is 0.261 e. The Morgan fingerprint density at radius 1 is 0.550 bits per heavy atom. The van der Waals surface area contributed by atoms with Crippen molar-refractivity contribution in [3.63, 3.8) is 0 Å². The van der Waals surface area contributed by atoms with Gasteiger partial charge in [0.25, 0.3) is 5.91 Å². The van der Waals surface area contributed by atoms with Gasteiger partial charge in [0.05, 0.1) is 70.2 Å². The molecule has 2 saturated heterocycles. The van der Waals surface area contributed by atoms with Crippen molar-refractivity contribution in [2.24, 2.45) is 5.73 Å². The molecule has 10 heterocycles. The van der Waals surface area contributed by atoms with Crippen LogP contribution in [0.1, 0.15) is 168 Å². The molecule has 4 atom stereocenters. The number of pyridine rings is 4. The second-order valence-electron chi connectivity index (χ2n) is 31.6. The number of epoxide rings is 1. The van der Waals surface area contributed by atoms with E-state index in [1.165, 1.54) is 49.4 Å². The van der Waals surface area contributed by atoms with Gasteiger partial charge in [-0.05, 0) is 155 Å². The number of carbonyl (C=O) groups excluding carboxylic acids is 3. The Hall–Kier alpha value is -8.77. The summed E-state index contributed by atoms with van der Waals surface area (Å²) in [7, 11) is 0. The van der Waals surface area contributed by atoms with E-state index < -0.39 is 40.6 Å². The predicted octanol–water partition coefficient (Wildman–Crippen LogP) is 17.9. The normalized spacial score (nSPS) is 19.1. The van der Waals surface area contributed by atoms with E-state index in [9.17, 15) is 42.2 Å². The summed E-state index contributed by atoms with van der Waals surface area (Å²) >= 11 is 23.8. The van der Waals surface area contributed by atoms with E-state index in [1.807, 2.05) is 53.7 Å². The first-order chi connectivity index (χ1) is 51.1. The Labute approximate surface area is 650 Å². The predicted molar refractivity (Wildman–Crippen MR) is 411 cm³/mol. The fourth-order valence-electron chi connectivity index (χ4n) is 13.2. The van der Waals surface area contributed by atoms with E-state index in [1.54, 1.807) is 68.4 Å². The van der Waals surface area contributed by atoms with Crippen LogP contribution in [-0.2, 0) is 48.0 Å². The van der Waals surface area contributed by atoms with Crippen molar-refractivity contribution in [3.8, 4) is 73.8 Å². The molecule has 109 heavy (non-hydrogen) atoms. The minimum absolute atomic E-state index is 0.0105. The molecular formula is C84H84Cl4F4N6O11. The molecule has 5 aromatic carbocycles. The summed E-state index contributed by atoms with van der Waals surface area (Å²) < 4.78 is 89.2. The van der Waals surface area contributed by atoms with Gasteiger partial charge in [-0.15, -0.1) is 0 Å². The Balaban J connectivity index is 0.000000140. The SMILES string of the molecule is CC(=O)c1cc2c(c(-c3ccc(F)c(Cl)c3)n1)OCC2(C)C.CC1(C)COc2c1cc(C(C)(O)CN)nc2-c1ccc(F)c(Cl)c1.CC1(C)COc2c1cc(C1(C)CO1)nc2-c1ccc(F)c(Cl)c1.Cc1cc(C(=O)CCC(C)(O)c2cc3c(c(-c4ccc(F)c(Cl)c4)n2)OCC3(C)C)ccc1OC1CCNC1=O. The van der Waals surface area contributed by atoms with Crippen LogP contribution in [0.5, 0.6) is 28.7 Å². The summed E-state index contributed by atoms with van der Waals surface area (Å²) in [6, 6.07) is 30.4. The second kappa shape index (κ2) is 30.1. The number of nitrogens with one attached hydrogen (secondary N) is 1. The van der Waals surface area contributed by atoms with Gasteiger partial charge in [0.2, 0.25) is 0 Å². The van der Waals surface area contributed by atoms with Crippen molar-refractivity contribution in [1.82, 2.24) is 25.3 Å². The molecule has 5 N–H and O–H groups in total. The highest BCUT2D eigenvalue weighted by Gasteiger charge is 2.47. The maximum absolute atomic E-state index is 13.9. The number of hydrogen-bond acceptors (Lipinski definition) is 16. The maximum Gasteiger partial charge on any atom is 0.261 e. The third-order valence-corrected chi connectivity index (χ3v) is 21.6. The van der Waals surface area contributed by atoms with Crippen LogP contribution < -0.4 is 34.7 Å². The summed E-state index contributed by atoms with van der Waals surface area (Å²) in [6.45, 7) is 28.4. The lowest BCUT2D eigenvalue weighted by molar-refractivity contribution is -0.124. The Kier molecular flexibility index (Phi) is 22.1. The number of hydrogen-bond donors (Lipinski definition) is 4. The Morgan fingerprint density at radius 3 is 1.30 bits per heavy atom. The molecule has 17 nitrogen and oxygen atoms in total. The minimum atomic E-state index is -1.43. The zero-order valence-electron chi connectivity index (χ0n) is 62.6. The maximum atomic E-state index is 13.9. The number of ketones is 2. The van der Waals surface area contributed by atoms with Crippen molar-refractivity contribution in [1.29, 1.82) is 0 Å². The average molecular weight is 1570 g/mol. The van der Waals surface area contributed by atoms with Gasteiger partial charge < -0.3 is 49.7 Å². The number of aryl methyl sites for hydroxylation is 1. The number of Topliss-reactive ketones (excluding diaryl/α,β-unsaturated/α-hetero) is 2. The van der Waals surface area contributed by atoms with Crippen LogP contribution in [0.2, 0.25) is 20.1 Å². The van der Waals surface area contributed by atoms with E-state index in [0.29, 0.717) is 131 Å². The fourth-order valence-corrected chi connectivity index (χ4v) is 13.9. The minimum Gasteiger partial charge on any atom is -0.490 e. The van der Waals surface area contributed by atoms with Crippen LogP contribution in [0.25, 0.3) is 45.0 Å². The lowest BCUT2D eigenvalue weighted by Crippen LogP contribution is -2.33. The molecule has 4 unspecified atom stereocenters. The van der Waals surface area contributed by atoms with Crippen molar-refractivity contribution < 1.29 is 70.6 Å². The largest absolute Gasteiger partial charge is 0.490 e. The van der Waals surface area contributed by atoms with Gasteiger partial charge in [-0.3, -0.25) is 14.4 Å². The van der Waals surface area contributed by atoms with Crippen LogP contribution in [-0.4, -0.2) is 99.9 Å². The molecule has 0 aliphatic carbocycles. The zero-order valence-corrected chi connectivity index (χ0v) is 65.6. The number of benzene rings is 5. The van der Waals surface area contributed by atoms with E-state index in [0.717, 1.165) is 44.8 Å². The lowest BCUT2D eigenvalue weighted by Gasteiger charge is -2.25. The van der Waals surface area contributed by atoms with Gasteiger partial charge in [-0.25, -0.2) is 37.5 Å². The quantitative estimate of drug-likeness (QED) is 0.0424. The Morgan fingerprint density at radius 2 is 0.936 bits per heavy atom. The van der Waals surface area contributed by atoms with Crippen molar-refractivity contribution in [2.75, 3.05) is 46.1 Å². The number of nitrogens with two attached hydrogens (primary N) is 1. The first-order valence-electron chi connectivity index (χ1n) is 35.6. The first-order valence-corrected chi connectivity index (χ1v) is 37.1. The summed E-state index contributed by atoms with van der Waals surface area (Å²) in [5.74, 6) is 0.802. The van der Waals surface area contributed by atoms with Crippen molar-refractivity contribution in [3.05, 3.63) is 215 Å². The first kappa shape index (κ1) is 79.8. The third-order valence-electron chi connectivity index (χ3n) is 20.5. The van der Waals surface area contributed by atoms with Gasteiger partial charge in [-0.2, -0.15) is 0 Å². The number of aliphatic hydroxyl groups is 2. The highest BCUT2D eigenvalue weighted by atomic mass is 35.5. The van der Waals surface area contributed by atoms with Gasteiger partial charge in [-0.1, -0.05) is 102 Å². The summed E-state index contributed by atoms with van der Waals surface area (Å²) in [4.78, 5) is 55.2. The highest BCUT2D eigenvalue weighted by Crippen LogP contribution is 2.51. The molecule has 4 aromatic heterocycles. The summed E-state index contributed by atoms with van der Waals surface area (Å²) in [5, 5.41) is 24.9. The monoisotopic (exact) mass is 1570 g/mol. The number of ether oxygens (including phenoxy) is 6. The molecular weight excluding hydrogens is 1490 g/mol. The van der Waals surface area contributed by atoms with Gasteiger partial charge >= 0.3 is 0 Å². The van der Waals surface area contributed by atoms with E-state index >= 15 is 0 Å². The lowest BCUT2D eigenvalue weighted by atomic mass is 9.83. The highest BCUT2D eigenvalue weighted by molar-refractivity contribution is 6.32. The third kappa shape index (κ3) is 16.5. The molecule has 9 aromatic rings. The number of fused-ring (bicyclic) bond motifs is 4. The van der Waals surface area contributed by atoms with E-state index in [4.69, 9.17) is 90.5 Å². The van der Waals surface area contributed by atoms with Gasteiger partial charge in [0.15, 0.2) is 17.7 Å². The summed E-state index contributed by atoms with van der Waals surface area (Å²) in [5.41, 5.74) is 13.8. The molecule has 0 radical (unpaired) electrons. The number of amides is 1. The van der Waals surface area contributed by atoms with Crippen LogP contribution in [0.3, 0.4) is 0 Å². The standard InChI is InChI=1S/C31H32ClFN2O5.C18H20ClFN2O2.C18H17ClFNO2.C17H15ClFNO2/c1-17-13-18(6-8-24(17)40-25-10-12-34-29(25)37)23(36)9-11-31(4,38)26-15-20-28(39-16-30(20,2)3)27(35-26)19-5-7-22(33)21(32)14-19;1-17(2)9-24-16-11(17)7-14(18(3,23)8-21)22-15(16)10-4-5-13(20)12(19)6-10;1-17(2)8-22-16-11(17)7-14(18(3)9-23-18)21-15(16)10-4-5-13(20)12(19)6-10;1-9(21)14-7-11-16(22-8-17(11,2)3)15(20-14)10-4-5-13(19)12(18)6-10/h5-8,13-15,25,38H,9-12,16H2,1-4H3,(H,34,37);4-7,23H,8-9,21H2,1-3H3;4-7H,8-9H2,1-3H3;4-7H,8H2,1-3H3. The molecule has 0 saturated carbocycles. The topological polar surface area (TPSA) is 240 Å². The molecule has 0 spiro atoms. The van der Waals surface area contributed by atoms with Crippen LogP contribution >= 0.6 is 46.4 Å². The van der Waals surface area contributed by atoms with Crippen LogP contribution in [0.15, 0.2) is 115 Å². The zero-order chi connectivity index (χ0) is 79.0. The second-order valence-corrected chi connectivity index (χ2v) is 33.2.